The molecule has 32 heavy (non-hydrogen) atoms. The van der Waals surface area contributed by atoms with Gasteiger partial charge in [-0.3, -0.25) is 14.4 Å². The number of carbonyl (C=O) groups is 3. The van der Waals surface area contributed by atoms with Crippen LogP contribution in [0.1, 0.15) is 39.5 Å². The molecule has 8 heteroatoms. The molecule has 0 saturated carbocycles. The lowest BCUT2D eigenvalue weighted by atomic mass is 9.78. The van der Waals surface area contributed by atoms with Gasteiger partial charge in [0.1, 0.15) is 6.04 Å². The van der Waals surface area contributed by atoms with Crippen LogP contribution >= 0.6 is 11.8 Å². The maximum Gasteiger partial charge on any atom is 0.247 e. The van der Waals surface area contributed by atoms with E-state index in [-0.39, 0.29) is 29.6 Å². The average Bonchev–Trinajstić information content (AvgIpc) is 3.11. The predicted molar refractivity (Wildman–Crippen MR) is 125 cm³/mol. The molecule has 3 amide bonds. The molecule has 1 spiro atoms. The lowest BCUT2D eigenvalue weighted by Crippen LogP contribution is -2.56. The van der Waals surface area contributed by atoms with Crippen molar-refractivity contribution >= 4 is 29.5 Å². The first-order valence-corrected chi connectivity index (χ1v) is 12.8. The van der Waals surface area contributed by atoms with Gasteiger partial charge in [-0.2, -0.15) is 0 Å². The second-order valence-electron chi connectivity index (χ2n) is 9.37. The molecule has 1 N–H and O–H groups in total. The van der Waals surface area contributed by atoms with Crippen molar-refractivity contribution in [1.82, 2.24) is 14.7 Å². The van der Waals surface area contributed by atoms with E-state index in [1.54, 1.807) is 28.6 Å². The number of likely N-dealkylation sites (N-methyl/N-ethyl adjacent to an activating group) is 1. The molecule has 0 bridgehead atoms. The first kappa shape index (κ1) is 23.4. The molecule has 4 aliphatic heterocycles. The monoisotopic (exact) mass is 461 g/mol. The van der Waals surface area contributed by atoms with E-state index in [2.05, 4.69) is 6.92 Å². The number of aliphatic hydroxyl groups excluding tert-OH is 1. The van der Waals surface area contributed by atoms with Gasteiger partial charge in [0.2, 0.25) is 17.7 Å². The molecule has 176 valence electrons. The first-order chi connectivity index (χ1) is 15.4. The predicted octanol–water partition coefficient (Wildman–Crippen LogP) is 1.67. The van der Waals surface area contributed by atoms with Crippen molar-refractivity contribution in [3.8, 4) is 0 Å². The third-order valence-corrected chi connectivity index (χ3v) is 9.23. The van der Waals surface area contributed by atoms with Crippen LogP contribution in [-0.2, 0) is 14.4 Å². The van der Waals surface area contributed by atoms with Gasteiger partial charge in [0.05, 0.1) is 29.2 Å². The molecular formula is C24H35N3O4S. The number of carbonyl (C=O) groups excluding carboxylic acids is 3. The van der Waals surface area contributed by atoms with Crippen LogP contribution in [0.25, 0.3) is 0 Å². The fraction of sp³-hybridized carbons (Fsp3) is 0.708. The number of fused-ring (bicyclic) bond motifs is 2. The summed E-state index contributed by atoms with van der Waals surface area (Å²) in [5.41, 5.74) is 0. The van der Waals surface area contributed by atoms with Crippen LogP contribution in [0.4, 0.5) is 0 Å². The minimum atomic E-state index is -0.788. The summed E-state index contributed by atoms with van der Waals surface area (Å²) in [6.45, 7) is 5.57. The minimum Gasteiger partial charge on any atom is -0.394 e. The summed E-state index contributed by atoms with van der Waals surface area (Å²) < 4.78 is -0.788. The zero-order chi connectivity index (χ0) is 23.0. The summed E-state index contributed by atoms with van der Waals surface area (Å²) in [6.07, 6.45) is 11.7. The van der Waals surface area contributed by atoms with E-state index in [9.17, 15) is 19.5 Å². The third kappa shape index (κ3) is 3.50. The Morgan fingerprint density at radius 2 is 1.91 bits per heavy atom. The molecule has 2 fully saturated rings. The Morgan fingerprint density at radius 1 is 1.12 bits per heavy atom. The fourth-order valence-electron chi connectivity index (χ4n) is 5.81. The third-order valence-electron chi connectivity index (χ3n) is 7.49. The number of thioether (sulfide) groups is 1. The highest BCUT2D eigenvalue weighted by molar-refractivity contribution is 8.02. The molecule has 0 aromatic rings. The summed E-state index contributed by atoms with van der Waals surface area (Å²) in [5, 5.41) is 9.96. The van der Waals surface area contributed by atoms with Crippen molar-refractivity contribution in [2.45, 2.75) is 61.6 Å². The smallest absolute Gasteiger partial charge is 0.247 e. The average molecular weight is 462 g/mol. The van der Waals surface area contributed by atoms with Crippen molar-refractivity contribution in [1.29, 1.82) is 0 Å². The van der Waals surface area contributed by atoms with Crippen LogP contribution in [-0.4, -0.2) is 92.9 Å². The normalized spacial score (nSPS) is 35.0. The van der Waals surface area contributed by atoms with Crippen LogP contribution < -0.4 is 0 Å². The number of rotatable bonds is 7. The van der Waals surface area contributed by atoms with E-state index in [0.29, 0.717) is 26.1 Å². The molecule has 4 rings (SSSR count). The lowest BCUT2D eigenvalue weighted by molar-refractivity contribution is -0.146. The Kier molecular flexibility index (Phi) is 6.73. The SMILES string of the molecule is CCCCCN1CC=C[C@]23S[C@H]4C=CCN(C)C(=O)[C@H]4[C@H]2C(=O)N([C@@H](CC)CO)C3C1=O. The van der Waals surface area contributed by atoms with Crippen LogP contribution in [0.15, 0.2) is 24.3 Å². The molecule has 0 aliphatic carbocycles. The van der Waals surface area contributed by atoms with Gasteiger partial charge in [-0.1, -0.05) is 51.0 Å². The van der Waals surface area contributed by atoms with Crippen molar-refractivity contribution in [3.63, 3.8) is 0 Å². The number of likely N-dealkylation sites (tertiary alicyclic amines) is 1. The quantitative estimate of drug-likeness (QED) is 0.461. The van der Waals surface area contributed by atoms with E-state index in [4.69, 9.17) is 0 Å². The Balaban J connectivity index is 1.79. The summed E-state index contributed by atoms with van der Waals surface area (Å²) in [5.74, 6) is -1.35. The maximum absolute atomic E-state index is 14.0. The van der Waals surface area contributed by atoms with E-state index in [1.165, 1.54) is 0 Å². The number of hydrogen-bond acceptors (Lipinski definition) is 5. The summed E-state index contributed by atoms with van der Waals surface area (Å²) in [6, 6.07) is -1.13. The number of hydrogen-bond donors (Lipinski definition) is 1. The van der Waals surface area contributed by atoms with E-state index in [1.807, 2.05) is 36.1 Å². The van der Waals surface area contributed by atoms with Gasteiger partial charge in [0.15, 0.2) is 0 Å². The van der Waals surface area contributed by atoms with Gasteiger partial charge in [0, 0.05) is 31.9 Å². The molecule has 6 atom stereocenters. The second kappa shape index (κ2) is 9.21. The second-order valence-corrected chi connectivity index (χ2v) is 10.9. The van der Waals surface area contributed by atoms with Gasteiger partial charge in [-0.25, -0.2) is 0 Å². The Labute approximate surface area is 194 Å². The Hall–Kier alpha value is -1.80. The van der Waals surface area contributed by atoms with Crippen molar-refractivity contribution in [2.75, 3.05) is 33.3 Å². The lowest BCUT2D eigenvalue weighted by Gasteiger charge is -2.38. The zero-order valence-corrected chi connectivity index (χ0v) is 20.1. The molecule has 0 aromatic carbocycles. The summed E-state index contributed by atoms with van der Waals surface area (Å²) in [4.78, 5) is 46.4. The molecule has 0 radical (unpaired) electrons. The Bertz CT molecular complexity index is 826. The van der Waals surface area contributed by atoms with E-state index in [0.717, 1.165) is 19.3 Å². The van der Waals surface area contributed by atoms with Gasteiger partial charge in [-0.05, 0) is 12.8 Å². The van der Waals surface area contributed by atoms with Gasteiger partial charge >= 0.3 is 0 Å². The van der Waals surface area contributed by atoms with E-state index >= 15 is 0 Å². The molecular weight excluding hydrogens is 426 g/mol. The highest BCUT2D eigenvalue weighted by atomic mass is 32.2. The molecule has 1 unspecified atom stereocenters. The summed E-state index contributed by atoms with van der Waals surface area (Å²) >= 11 is 1.60. The Morgan fingerprint density at radius 3 is 2.59 bits per heavy atom. The summed E-state index contributed by atoms with van der Waals surface area (Å²) in [7, 11) is 1.77. The van der Waals surface area contributed by atoms with Crippen LogP contribution in [0.5, 0.6) is 0 Å². The van der Waals surface area contributed by atoms with Crippen molar-refractivity contribution in [2.24, 2.45) is 11.8 Å². The molecule has 7 nitrogen and oxygen atoms in total. The van der Waals surface area contributed by atoms with E-state index < -0.39 is 28.7 Å². The van der Waals surface area contributed by atoms with Gasteiger partial charge < -0.3 is 19.8 Å². The molecule has 0 aromatic heterocycles. The van der Waals surface area contributed by atoms with Gasteiger partial charge in [-0.15, -0.1) is 11.8 Å². The van der Waals surface area contributed by atoms with Crippen molar-refractivity contribution < 1.29 is 19.5 Å². The number of amides is 3. The van der Waals surface area contributed by atoms with Crippen LogP contribution in [0.3, 0.4) is 0 Å². The van der Waals surface area contributed by atoms with Gasteiger partial charge in [0.25, 0.3) is 0 Å². The highest BCUT2D eigenvalue weighted by Crippen LogP contribution is 2.61. The van der Waals surface area contributed by atoms with Crippen molar-refractivity contribution in [3.05, 3.63) is 24.3 Å². The molecule has 4 heterocycles. The minimum absolute atomic E-state index is 0.0368. The number of nitrogens with zero attached hydrogens (tertiary/aromatic N) is 3. The maximum atomic E-state index is 14.0. The highest BCUT2D eigenvalue weighted by Gasteiger charge is 2.71. The fourth-order valence-corrected chi connectivity index (χ4v) is 7.80. The first-order valence-electron chi connectivity index (χ1n) is 11.9. The largest absolute Gasteiger partial charge is 0.394 e. The topological polar surface area (TPSA) is 81.2 Å². The molecule has 2 saturated heterocycles. The standard InChI is InChI=1S/C24H35N3O4S/c1-4-6-7-13-26-14-9-11-24-19(18-17(32-24)10-8-12-25(3)21(18)29)22(30)27(16(5-2)15-28)20(24)23(26)31/h8-11,16-20,28H,4-7,12-15H2,1-3H3/t16-,17-,18+,19-,20?,24-/m0/s1. The molecule has 4 aliphatic rings. The van der Waals surface area contributed by atoms with Crippen LogP contribution in [0.2, 0.25) is 0 Å². The van der Waals surface area contributed by atoms with Crippen LogP contribution in [0, 0.1) is 11.8 Å². The zero-order valence-electron chi connectivity index (χ0n) is 19.3. The number of aliphatic hydroxyl groups is 1. The number of unbranched alkanes of at least 4 members (excludes halogenated alkanes) is 2.